The summed E-state index contributed by atoms with van der Waals surface area (Å²) in [5.74, 6) is 0.184. The number of phosphoric ester groups is 2. The SMILES string of the molecule is CCCCOP(=O)(O)OC[C@H]1O[C@@H](n2cnc3c(N)ncnc32)C[C@@H]1OP(=O)(O)OCCCC. The van der Waals surface area contributed by atoms with Crippen molar-refractivity contribution in [2.24, 2.45) is 0 Å². The van der Waals surface area contributed by atoms with Gasteiger partial charge < -0.3 is 20.3 Å². The van der Waals surface area contributed by atoms with E-state index in [1.165, 1.54) is 12.7 Å². The molecule has 0 bridgehead atoms. The van der Waals surface area contributed by atoms with Gasteiger partial charge >= 0.3 is 15.6 Å². The van der Waals surface area contributed by atoms with Crippen LogP contribution in [-0.4, -0.2) is 61.3 Å². The van der Waals surface area contributed by atoms with Gasteiger partial charge in [-0.15, -0.1) is 0 Å². The number of nitrogen functional groups attached to an aromatic ring is 1. The number of nitrogens with zero attached hydrogens (tertiary/aromatic N) is 4. The maximum atomic E-state index is 12.4. The minimum Gasteiger partial charge on any atom is -0.382 e. The van der Waals surface area contributed by atoms with Crippen molar-refractivity contribution in [1.29, 1.82) is 0 Å². The number of aromatic nitrogens is 4. The standard InChI is InChI=1S/C18H31N5O9P2/c1-3-5-7-28-33(24,25)30-10-14-13(32-34(26,27)29-8-6-4-2)9-15(31-14)23-12-22-16-17(19)20-11-21-18(16)23/h11-15H,3-10H2,1-2H3,(H,24,25)(H,26,27)(H2,19,20,21)/t13-,14+,15+/m0/s1. The van der Waals surface area contributed by atoms with Gasteiger partial charge in [0.15, 0.2) is 11.5 Å². The molecule has 1 aliphatic heterocycles. The normalized spacial score (nSPS) is 24.3. The molecule has 3 rings (SSSR count). The minimum absolute atomic E-state index is 0.0436. The van der Waals surface area contributed by atoms with Gasteiger partial charge in [0.05, 0.1) is 26.1 Å². The Morgan fingerprint density at radius 2 is 1.76 bits per heavy atom. The second-order valence-corrected chi connectivity index (χ2v) is 10.6. The molecule has 0 radical (unpaired) electrons. The monoisotopic (exact) mass is 523 g/mol. The summed E-state index contributed by atoms with van der Waals surface area (Å²) >= 11 is 0. The van der Waals surface area contributed by atoms with E-state index in [2.05, 4.69) is 15.0 Å². The summed E-state index contributed by atoms with van der Waals surface area (Å²) in [7, 11) is -8.78. The van der Waals surface area contributed by atoms with Crippen molar-refractivity contribution in [2.75, 3.05) is 25.6 Å². The van der Waals surface area contributed by atoms with Gasteiger partial charge in [-0.05, 0) is 12.8 Å². The van der Waals surface area contributed by atoms with E-state index in [0.717, 1.165) is 12.8 Å². The molecule has 3 heterocycles. The molecule has 0 aromatic carbocycles. The number of nitrogens with two attached hydrogens (primary N) is 1. The van der Waals surface area contributed by atoms with Crippen LogP contribution in [0.25, 0.3) is 11.2 Å². The number of hydrogen-bond acceptors (Lipinski definition) is 11. The van der Waals surface area contributed by atoms with E-state index in [0.29, 0.717) is 24.0 Å². The second-order valence-electron chi connectivity index (χ2n) is 7.70. The Bertz CT molecular complexity index is 1040. The van der Waals surface area contributed by atoms with Crippen molar-refractivity contribution in [3.05, 3.63) is 12.7 Å². The average molecular weight is 523 g/mol. The quantitative estimate of drug-likeness (QED) is 0.242. The third kappa shape index (κ3) is 7.27. The molecule has 1 fully saturated rings. The fourth-order valence-electron chi connectivity index (χ4n) is 3.27. The molecular formula is C18H31N5O9P2. The summed E-state index contributed by atoms with van der Waals surface area (Å²) in [5.41, 5.74) is 6.59. The summed E-state index contributed by atoms with van der Waals surface area (Å²) in [5, 5.41) is 0. The van der Waals surface area contributed by atoms with Gasteiger partial charge in [-0.2, -0.15) is 0 Å². The van der Waals surface area contributed by atoms with Gasteiger partial charge in [0, 0.05) is 6.42 Å². The zero-order valence-electron chi connectivity index (χ0n) is 19.1. The van der Waals surface area contributed by atoms with E-state index >= 15 is 0 Å². The van der Waals surface area contributed by atoms with Gasteiger partial charge in [-0.1, -0.05) is 26.7 Å². The smallest absolute Gasteiger partial charge is 0.382 e. The van der Waals surface area contributed by atoms with E-state index in [9.17, 15) is 18.9 Å². The van der Waals surface area contributed by atoms with Crippen LogP contribution in [0, 0.1) is 0 Å². The first-order chi connectivity index (χ1) is 16.2. The van der Waals surface area contributed by atoms with Crippen molar-refractivity contribution >= 4 is 32.6 Å². The molecule has 1 aliphatic rings. The Hall–Kier alpha value is -1.47. The Labute approximate surface area is 197 Å². The molecule has 2 unspecified atom stereocenters. The van der Waals surface area contributed by atoms with Gasteiger partial charge in [0.25, 0.3) is 0 Å². The Balaban J connectivity index is 1.75. The molecule has 0 aliphatic carbocycles. The predicted octanol–water partition coefficient (Wildman–Crippen LogP) is 2.93. The van der Waals surface area contributed by atoms with Crippen LogP contribution in [0.1, 0.15) is 52.2 Å². The van der Waals surface area contributed by atoms with Crippen molar-refractivity contribution in [3.8, 4) is 0 Å². The molecule has 2 aromatic rings. The number of unbranched alkanes of at least 4 members (excludes halogenated alkanes) is 2. The lowest BCUT2D eigenvalue weighted by Crippen LogP contribution is -2.28. The number of hydrogen-bond donors (Lipinski definition) is 3. The van der Waals surface area contributed by atoms with Gasteiger partial charge in [0.1, 0.15) is 30.3 Å². The zero-order valence-corrected chi connectivity index (χ0v) is 20.8. The van der Waals surface area contributed by atoms with Crippen molar-refractivity contribution in [3.63, 3.8) is 0 Å². The lowest BCUT2D eigenvalue weighted by Gasteiger charge is -2.22. The summed E-state index contributed by atoms with van der Waals surface area (Å²) in [4.78, 5) is 32.3. The highest BCUT2D eigenvalue weighted by atomic mass is 31.2. The maximum Gasteiger partial charge on any atom is 0.472 e. The molecule has 14 nitrogen and oxygen atoms in total. The summed E-state index contributed by atoms with van der Waals surface area (Å²) in [6.45, 7) is 3.49. The Morgan fingerprint density at radius 1 is 1.09 bits per heavy atom. The van der Waals surface area contributed by atoms with Crippen LogP contribution in [0.15, 0.2) is 12.7 Å². The van der Waals surface area contributed by atoms with Gasteiger partial charge in [0.2, 0.25) is 0 Å². The minimum atomic E-state index is -4.42. The number of rotatable bonds is 14. The van der Waals surface area contributed by atoms with Crippen molar-refractivity contribution in [2.45, 2.75) is 64.4 Å². The van der Waals surface area contributed by atoms with Crippen LogP contribution in [0.5, 0.6) is 0 Å². The molecule has 0 amide bonds. The summed E-state index contributed by atoms with van der Waals surface area (Å²) in [6, 6.07) is 0. The number of phosphoric acid groups is 2. The van der Waals surface area contributed by atoms with Crippen LogP contribution >= 0.6 is 15.6 Å². The molecule has 0 spiro atoms. The van der Waals surface area contributed by atoms with Crippen LogP contribution < -0.4 is 5.73 Å². The average Bonchev–Trinajstić information content (AvgIpc) is 3.37. The molecule has 16 heteroatoms. The zero-order chi connectivity index (χ0) is 24.8. The predicted molar refractivity (Wildman–Crippen MR) is 120 cm³/mol. The lowest BCUT2D eigenvalue weighted by atomic mass is 10.2. The van der Waals surface area contributed by atoms with Gasteiger partial charge in [-0.3, -0.25) is 22.7 Å². The van der Waals surface area contributed by atoms with E-state index in [1.54, 1.807) is 4.57 Å². The second kappa shape index (κ2) is 12.0. The van der Waals surface area contributed by atoms with Crippen LogP contribution in [0.4, 0.5) is 5.82 Å². The van der Waals surface area contributed by atoms with E-state index in [4.69, 9.17) is 28.6 Å². The third-order valence-electron chi connectivity index (χ3n) is 5.05. The first kappa shape index (κ1) is 27.1. The Kier molecular flexibility index (Phi) is 9.56. The number of ether oxygens (including phenoxy) is 1. The molecule has 0 saturated carbocycles. The fraction of sp³-hybridized carbons (Fsp3) is 0.722. The lowest BCUT2D eigenvalue weighted by molar-refractivity contribution is -0.0444. The molecule has 34 heavy (non-hydrogen) atoms. The molecule has 5 atom stereocenters. The van der Waals surface area contributed by atoms with Gasteiger partial charge in [-0.25, -0.2) is 24.1 Å². The van der Waals surface area contributed by atoms with Crippen LogP contribution in [-0.2, 0) is 32.0 Å². The topological polar surface area (TPSA) is 190 Å². The summed E-state index contributed by atoms with van der Waals surface area (Å²) in [6.07, 6.45) is 2.78. The molecule has 192 valence electrons. The van der Waals surface area contributed by atoms with E-state index in [-0.39, 0.29) is 25.5 Å². The number of imidazole rings is 1. The number of fused-ring (bicyclic) bond motifs is 1. The van der Waals surface area contributed by atoms with Crippen LogP contribution in [0.3, 0.4) is 0 Å². The van der Waals surface area contributed by atoms with E-state index < -0.39 is 40.7 Å². The first-order valence-corrected chi connectivity index (χ1v) is 14.0. The molecule has 1 saturated heterocycles. The highest BCUT2D eigenvalue weighted by molar-refractivity contribution is 7.47. The third-order valence-corrected chi connectivity index (χ3v) is 7.08. The van der Waals surface area contributed by atoms with Crippen molar-refractivity contribution in [1.82, 2.24) is 19.5 Å². The highest BCUT2D eigenvalue weighted by Crippen LogP contribution is 2.50. The van der Waals surface area contributed by atoms with Crippen molar-refractivity contribution < 1.29 is 41.7 Å². The molecular weight excluding hydrogens is 492 g/mol. The van der Waals surface area contributed by atoms with E-state index in [1.807, 2.05) is 13.8 Å². The molecule has 2 aromatic heterocycles. The Morgan fingerprint density at radius 3 is 2.44 bits per heavy atom. The number of anilines is 1. The summed E-state index contributed by atoms with van der Waals surface area (Å²) < 4.78 is 52.5. The first-order valence-electron chi connectivity index (χ1n) is 11.0. The fourth-order valence-corrected chi connectivity index (χ4v) is 5.02. The maximum absolute atomic E-state index is 12.4. The largest absolute Gasteiger partial charge is 0.472 e. The van der Waals surface area contributed by atoms with Crippen LogP contribution in [0.2, 0.25) is 0 Å². The highest BCUT2D eigenvalue weighted by Gasteiger charge is 2.43. The molecule has 4 N–H and O–H groups in total.